The molecule has 1 amide bonds. The van der Waals surface area contributed by atoms with Crippen molar-refractivity contribution in [3.63, 3.8) is 0 Å². The lowest BCUT2D eigenvalue weighted by Crippen LogP contribution is -2.50. The molecule has 0 aliphatic carbocycles. The molecule has 9 heteroatoms. The number of amides is 1. The number of aromatic nitrogens is 2. The molecule has 1 saturated heterocycles. The topological polar surface area (TPSA) is 79.9 Å². The zero-order valence-corrected chi connectivity index (χ0v) is 25.0. The SMILES string of the molecule is CN(C)C1CCN(OC(=O)N(CC(F)CN)[C@@H](c2nc(-c3ccccc3)cn2Cc2ccccc2)C(C)(C)C)CC1. The van der Waals surface area contributed by atoms with Gasteiger partial charge in [0.25, 0.3) is 0 Å². The summed E-state index contributed by atoms with van der Waals surface area (Å²) < 4.78 is 17.1. The first kappa shape index (κ1) is 30.7. The van der Waals surface area contributed by atoms with Crippen molar-refractivity contribution in [1.29, 1.82) is 0 Å². The molecular formula is C32H45FN6O2. The molecule has 0 saturated carbocycles. The molecule has 0 bridgehead atoms. The van der Waals surface area contributed by atoms with Gasteiger partial charge in [-0.1, -0.05) is 81.4 Å². The Kier molecular flexibility index (Phi) is 10.2. The zero-order valence-electron chi connectivity index (χ0n) is 25.0. The molecule has 4 rings (SSSR count). The molecule has 1 aliphatic heterocycles. The summed E-state index contributed by atoms with van der Waals surface area (Å²) in [6, 6.07) is 19.9. The second-order valence-corrected chi connectivity index (χ2v) is 12.2. The van der Waals surface area contributed by atoms with Gasteiger partial charge in [-0.25, -0.2) is 14.2 Å². The van der Waals surface area contributed by atoms with Crippen LogP contribution in [0, 0.1) is 5.41 Å². The Morgan fingerprint density at radius 1 is 1.07 bits per heavy atom. The lowest BCUT2D eigenvalue weighted by atomic mass is 9.84. The van der Waals surface area contributed by atoms with E-state index in [4.69, 9.17) is 15.6 Å². The van der Waals surface area contributed by atoms with Gasteiger partial charge < -0.3 is 20.0 Å². The zero-order chi connectivity index (χ0) is 29.6. The van der Waals surface area contributed by atoms with Crippen molar-refractivity contribution in [1.82, 2.24) is 24.4 Å². The van der Waals surface area contributed by atoms with Crippen molar-refractivity contribution in [3.8, 4) is 11.3 Å². The van der Waals surface area contributed by atoms with Crippen molar-refractivity contribution in [2.24, 2.45) is 11.1 Å². The van der Waals surface area contributed by atoms with E-state index in [0.717, 1.165) is 29.7 Å². The molecule has 2 N–H and O–H groups in total. The number of alkyl halides is 1. The summed E-state index contributed by atoms with van der Waals surface area (Å²) in [7, 11) is 4.13. The predicted octanol–water partition coefficient (Wildman–Crippen LogP) is 5.36. The van der Waals surface area contributed by atoms with Crippen LogP contribution in [0.3, 0.4) is 0 Å². The average molecular weight is 565 g/mol. The lowest BCUT2D eigenvalue weighted by molar-refractivity contribution is -0.137. The van der Waals surface area contributed by atoms with Crippen LogP contribution in [0.1, 0.15) is 51.0 Å². The highest BCUT2D eigenvalue weighted by Gasteiger charge is 2.41. The normalized spacial score (nSPS) is 16.5. The van der Waals surface area contributed by atoms with Gasteiger partial charge in [0, 0.05) is 44.0 Å². The number of piperidine rings is 1. The minimum absolute atomic E-state index is 0.190. The highest BCUT2D eigenvalue weighted by molar-refractivity contribution is 5.68. The van der Waals surface area contributed by atoms with Crippen molar-refractivity contribution in [2.75, 3.05) is 40.3 Å². The van der Waals surface area contributed by atoms with Crippen LogP contribution in [0.5, 0.6) is 0 Å². The summed E-state index contributed by atoms with van der Waals surface area (Å²) >= 11 is 0. The van der Waals surface area contributed by atoms with Crippen LogP contribution in [0.25, 0.3) is 11.3 Å². The van der Waals surface area contributed by atoms with Crippen molar-refractivity contribution >= 4 is 6.09 Å². The number of imidazole rings is 1. The second kappa shape index (κ2) is 13.6. The fourth-order valence-corrected chi connectivity index (χ4v) is 5.48. The van der Waals surface area contributed by atoms with Crippen molar-refractivity contribution in [2.45, 2.75) is 58.4 Å². The molecular weight excluding hydrogens is 519 g/mol. The van der Waals surface area contributed by atoms with Crippen molar-refractivity contribution < 1.29 is 14.0 Å². The third kappa shape index (κ3) is 7.93. The number of hydrogen-bond acceptors (Lipinski definition) is 6. The predicted molar refractivity (Wildman–Crippen MR) is 161 cm³/mol. The molecule has 8 nitrogen and oxygen atoms in total. The van der Waals surface area contributed by atoms with Gasteiger partial charge in [0.05, 0.1) is 18.3 Å². The van der Waals surface area contributed by atoms with Crippen molar-refractivity contribution in [3.05, 3.63) is 78.2 Å². The maximum Gasteiger partial charge on any atom is 0.429 e. The minimum Gasteiger partial charge on any atom is -0.351 e. The van der Waals surface area contributed by atoms with Crippen LogP contribution in [-0.4, -0.2) is 83.0 Å². The summed E-state index contributed by atoms with van der Waals surface area (Å²) in [5.74, 6) is 0.674. The van der Waals surface area contributed by atoms with E-state index in [9.17, 15) is 4.79 Å². The van der Waals surface area contributed by atoms with Crippen LogP contribution in [-0.2, 0) is 11.4 Å². The van der Waals surface area contributed by atoms with Gasteiger partial charge in [0.15, 0.2) is 0 Å². The molecule has 1 unspecified atom stereocenters. The summed E-state index contributed by atoms with van der Waals surface area (Å²) in [6.45, 7) is 7.55. The number of hydroxylamine groups is 2. The Hall–Kier alpha value is -3.27. The number of nitrogens with zero attached hydrogens (tertiary/aromatic N) is 5. The molecule has 41 heavy (non-hydrogen) atoms. The van der Waals surface area contributed by atoms with E-state index >= 15 is 4.39 Å². The van der Waals surface area contributed by atoms with Crippen LogP contribution in [0.15, 0.2) is 66.9 Å². The fraction of sp³-hybridized carbons (Fsp3) is 0.500. The maximum atomic E-state index is 15.0. The molecule has 1 aromatic heterocycles. The van der Waals surface area contributed by atoms with Crippen LogP contribution < -0.4 is 5.73 Å². The minimum atomic E-state index is -1.40. The number of nitrogens with two attached hydrogens (primary N) is 1. The van der Waals surface area contributed by atoms with E-state index in [1.165, 1.54) is 4.90 Å². The first-order valence-electron chi connectivity index (χ1n) is 14.5. The number of benzene rings is 2. The number of carbonyl (C=O) groups excluding carboxylic acids is 1. The highest BCUT2D eigenvalue weighted by Crippen LogP contribution is 2.40. The van der Waals surface area contributed by atoms with Crippen LogP contribution >= 0.6 is 0 Å². The summed E-state index contributed by atoms with van der Waals surface area (Å²) in [4.78, 5) is 28.6. The van der Waals surface area contributed by atoms with Gasteiger partial charge in [-0.05, 0) is 37.9 Å². The first-order chi connectivity index (χ1) is 19.6. The van der Waals surface area contributed by atoms with E-state index in [-0.39, 0.29) is 13.1 Å². The summed E-state index contributed by atoms with van der Waals surface area (Å²) in [5.41, 5.74) is 8.08. The van der Waals surface area contributed by atoms with Gasteiger partial charge in [0.2, 0.25) is 0 Å². The van der Waals surface area contributed by atoms with Gasteiger partial charge in [-0.15, -0.1) is 5.06 Å². The number of carbonyl (C=O) groups is 1. The number of rotatable bonds is 10. The Bertz CT molecular complexity index is 1240. The molecule has 0 spiro atoms. The highest BCUT2D eigenvalue weighted by atomic mass is 19.1. The maximum absolute atomic E-state index is 15.0. The third-order valence-corrected chi connectivity index (χ3v) is 7.70. The molecule has 2 heterocycles. The van der Waals surface area contributed by atoms with Gasteiger partial charge >= 0.3 is 6.09 Å². The number of hydrogen-bond donors (Lipinski definition) is 1. The third-order valence-electron chi connectivity index (χ3n) is 7.70. The standard InChI is InChI=1S/C32H45FN6O2/c1-32(2,3)29(39(22-26(33)20-34)31(40)41-38-18-16-27(17-19-38)36(4)5)30-35-28(25-14-10-7-11-15-25)23-37(30)21-24-12-8-6-9-13-24/h6-15,23,26-27,29H,16-22,34H2,1-5H3/t26?,29-/m0/s1. The number of halogens is 1. The Morgan fingerprint density at radius 3 is 2.24 bits per heavy atom. The summed E-state index contributed by atoms with van der Waals surface area (Å²) in [6.07, 6.45) is 1.80. The van der Waals surface area contributed by atoms with E-state index in [1.807, 2.05) is 75.5 Å². The Morgan fingerprint density at radius 2 is 1.68 bits per heavy atom. The fourth-order valence-electron chi connectivity index (χ4n) is 5.48. The van der Waals surface area contributed by atoms with Crippen LogP contribution in [0.4, 0.5) is 9.18 Å². The molecule has 1 aliphatic rings. The molecule has 0 radical (unpaired) electrons. The van der Waals surface area contributed by atoms with E-state index in [2.05, 4.69) is 35.7 Å². The van der Waals surface area contributed by atoms with Gasteiger partial charge in [0.1, 0.15) is 12.0 Å². The molecule has 1 fully saturated rings. The first-order valence-corrected chi connectivity index (χ1v) is 14.5. The van der Waals surface area contributed by atoms with Gasteiger partial charge in [-0.2, -0.15) is 0 Å². The monoisotopic (exact) mass is 564 g/mol. The van der Waals surface area contributed by atoms with E-state index in [1.54, 1.807) is 5.06 Å². The van der Waals surface area contributed by atoms with Crippen LogP contribution in [0.2, 0.25) is 0 Å². The van der Waals surface area contributed by atoms with E-state index in [0.29, 0.717) is 31.5 Å². The Balaban J connectivity index is 1.73. The molecule has 3 aromatic rings. The largest absolute Gasteiger partial charge is 0.429 e. The average Bonchev–Trinajstić information content (AvgIpc) is 3.35. The smallest absolute Gasteiger partial charge is 0.351 e. The van der Waals surface area contributed by atoms with E-state index < -0.39 is 23.7 Å². The quantitative estimate of drug-likeness (QED) is 0.357. The molecule has 2 atom stereocenters. The molecule has 222 valence electrons. The second-order valence-electron chi connectivity index (χ2n) is 12.2. The molecule has 2 aromatic carbocycles. The van der Waals surface area contributed by atoms with Gasteiger partial charge in [-0.3, -0.25) is 4.90 Å². The Labute approximate surface area is 243 Å². The lowest BCUT2D eigenvalue weighted by Gasteiger charge is -2.41. The summed E-state index contributed by atoms with van der Waals surface area (Å²) in [5, 5.41) is 1.70.